The van der Waals surface area contributed by atoms with Gasteiger partial charge in [-0.2, -0.15) is 0 Å². The molecule has 0 spiro atoms. The lowest BCUT2D eigenvalue weighted by Crippen LogP contribution is -2.20. The van der Waals surface area contributed by atoms with Crippen LogP contribution in [0, 0.1) is 0 Å². The van der Waals surface area contributed by atoms with E-state index in [1.807, 2.05) is 0 Å². The van der Waals surface area contributed by atoms with E-state index >= 15 is 0 Å². The molecule has 0 aliphatic rings. The second-order valence-corrected chi connectivity index (χ2v) is 7.11. The van der Waals surface area contributed by atoms with E-state index in [-0.39, 0.29) is 4.38 Å². The number of hydrogen-bond donors (Lipinski definition) is 0. The summed E-state index contributed by atoms with van der Waals surface area (Å²) in [4.78, 5) is 2.96. The minimum absolute atomic E-state index is 0.0443. The maximum absolute atomic E-state index is 11.8. The van der Waals surface area contributed by atoms with Crippen molar-refractivity contribution in [2.45, 2.75) is 52.4 Å². The second-order valence-electron chi connectivity index (χ2n) is 3.88. The minimum atomic E-state index is -1.39. The van der Waals surface area contributed by atoms with Crippen molar-refractivity contribution in [1.82, 2.24) is 0 Å². The van der Waals surface area contributed by atoms with Crippen molar-refractivity contribution in [2.75, 3.05) is 11.5 Å². The largest absolute Gasteiger partial charge is 0.442 e. The van der Waals surface area contributed by atoms with Crippen LogP contribution in [-0.2, 0) is 21.6 Å². The van der Waals surface area contributed by atoms with E-state index in [2.05, 4.69) is 18.6 Å². The molecular weight excluding hydrogens is 256 g/mol. The average Bonchev–Trinajstić information content (AvgIpc) is 2.30. The quantitative estimate of drug-likeness (QED) is 0.225. The smallest absolute Gasteiger partial charge is 0.359 e. The summed E-state index contributed by atoms with van der Waals surface area (Å²) in [6, 6.07) is 0. The maximum atomic E-state index is 11.8. The molecule has 0 rings (SSSR count). The monoisotopic (exact) mass is 278 g/mol. The highest BCUT2D eigenvalue weighted by Gasteiger charge is 2.25. The van der Waals surface area contributed by atoms with Gasteiger partial charge in [-0.25, -0.2) is 8.42 Å². The molecule has 0 aromatic rings. The summed E-state index contributed by atoms with van der Waals surface area (Å²) in [5, 5.41) is 0. The first-order valence-electron chi connectivity index (χ1n) is 6.16. The standard InChI is InChI=1S/C11H22N2O2S2/c1-3-5-7-9-16(14)11(13-12)17(15)10-8-6-4-2/h3-10H2,1-2H3. The second kappa shape index (κ2) is 10.8. The molecule has 4 nitrogen and oxygen atoms in total. The van der Waals surface area contributed by atoms with Crippen LogP contribution in [0.2, 0.25) is 0 Å². The number of nitrogens with zero attached hydrogens (tertiary/aromatic N) is 2. The van der Waals surface area contributed by atoms with Crippen molar-refractivity contribution >= 4 is 26.0 Å². The molecule has 0 saturated heterocycles. The normalized spacial score (nSPS) is 14.0. The number of rotatable bonds is 8. The van der Waals surface area contributed by atoms with Crippen LogP contribution in [0.3, 0.4) is 0 Å². The summed E-state index contributed by atoms with van der Waals surface area (Å²) in [5.41, 5.74) is 8.78. The van der Waals surface area contributed by atoms with Gasteiger partial charge in [-0.05, 0) is 12.8 Å². The molecular formula is C11H22N2O2S2. The van der Waals surface area contributed by atoms with Gasteiger partial charge in [-0.3, -0.25) is 0 Å². The fourth-order valence-corrected chi connectivity index (χ4v) is 4.13. The molecule has 6 heteroatoms. The molecule has 0 aliphatic carbocycles. The summed E-state index contributed by atoms with van der Waals surface area (Å²) in [7, 11) is -2.79. The zero-order valence-corrected chi connectivity index (χ0v) is 12.3. The van der Waals surface area contributed by atoms with Crippen LogP contribution in [0.5, 0.6) is 0 Å². The fourth-order valence-electron chi connectivity index (χ4n) is 1.34. The maximum Gasteiger partial charge on any atom is 0.442 e. The Bertz CT molecular complexity index is 289. The van der Waals surface area contributed by atoms with Crippen molar-refractivity contribution in [3.05, 3.63) is 5.53 Å². The van der Waals surface area contributed by atoms with E-state index in [1.165, 1.54) is 0 Å². The molecule has 2 atom stereocenters. The predicted molar refractivity (Wildman–Crippen MR) is 73.7 cm³/mol. The zero-order valence-electron chi connectivity index (χ0n) is 10.7. The average molecular weight is 278 g/mol. The van der Waals surface area contributed by atoms with Crippen LogP contribution < -0.4 is 0 Å². The number of hydrogen-bond acceptors (Lipinski definition) is 2. The Balaban J connectivity index is 4.18. The fraction of sp³-hybridized carbons (Fsp3) is 0.909. The SMILES string of the molecule is CCCCCS(=O)C(=[N+]=[N-])S(=O)CCCCC. The molecule has 0 aromatic heterocycles. The molecule has 17 heavy (non-hydrogen) atoms. The van der Waals surface area contributed by atoms with Gasteiger partial charge in [0, 0.05) is 11.5 Å². The van der Waals surface area contributed by atoms with Gasteiger partial charge >= 0.3 is 4.38 Å². The molecule has 0 N–H and O–H groups in total. The van der Waals surface area contributed by atoms with E-state index < -0.39 is 21.6 Å². The van der Waals surface area contributed by atoms with Gasteiger partial charge < -0.3 is 5.53 Å². The molecule has 0 saturated carbocycles. The summed E-state index contributed by atoms with van der Waals surface area (Å²) < 4.78 is 23.5. The highest BCUT2D eigenvalue weighted by Crippen LogP contribution is 2.03. The van der Waals surface area contributed by atoms with Crippen molar-refractivity contribution in [3.63, 3.8) is 0 Å². The zero-order chi connectivity index (χ0) is 13.1. The van der Waals surface area contributed by atoms with Crippen molar-refractivity contribution in [1.29, 1.82) is 0 Å². The van der Waals surface area contributed by atoms with Crippen molar-refractivity contribution in [2.24, 2.45) is 0 Å². The Labute approximate surface area is 109 Å². The Morgan fingerprint density at radius 1 is 0.941 bits per heavy atom. The first-order chi connectivity index (χ1) is 8.17. The lowest BCUT2D eigenvalue weighted by molar-refractivity contribution is 0.00464. The van der Waals surface area contributed by atoms with Crippen LogP contribution in [0.1, 0.15) is 52.4 Å². The van der Waals surface area contributed by atoms with Gasteiger partial charge in [0.1, 0.15) is 21.6 Å². The lowest BCUT2D eigenvalue weighted by atomic mass is 10.3. The van der Waals surface area contributed by atoms with Crippen molar-refractivity contribution in [3.8, 4) is 0 Å². The molecule has 0 fully saturated rings. The van der Waals surface area contributed by atoms with Gasteiger partial charge in [0.05, 0.1) is 0 Å². The van der Waals surface area contributed by atoms with Gasteiger partial charge in [0.25, 0.3) is 0 Å². The van der Waals surface area contributed by atoms with Crippen LogP contribution in [0.15, 0.2) is 0 Å². The summed E-state index contributed by atoms with van der Waals surface area (Å²) in [6.45, 7) is 4.12. The first kappa shape index (κ1) is 16.7. The summed E-state index contributed by atoms with van der Waals surface area (Å²) >= 11 is 0. The topological polar surface area (TPSA) is 70.5 Å². The third-order valence-electron chi connectivity index (χ3n) is 2.34. The van der Waals surface area contributed by atoms with Gasteiger partial charge in [-0.15, -0.1) is 4.79 Å². The van der Waals surface area contributed by atoms with Crippen LogP contribution >= 0.6 is 0 Å². The van der Waals surface area contributed by atoms with Gasteiger partial charge in [0.15, 0.2) is 0 Å². The Morgan fingerprint density at radius 3 is 1.65 bits per heavy atom. The molecule has 0 aromatic carbocycles. The molecule has 0 amide bonds. The van der Waals surface area contributed by atoms with E-state index in [1.54, 1.807) is 0 Å². The highest BCUT2D eigenvalue weighted by molar-refractivity contribution is 8.25. The predicted octanol–water partition coefficient (Wildman–Crippen LogP) is 2.45. The van der Waals surface area contributed by atoms with E-state index in [4.69, 9.17) is 5.53 Å². The van der Waals surface area contributed by atoms with E-state index in [9.17, 15) is 8.42 Å². The Kier molecular flexibility index (Phi) is 10.6. The van der Waals surface area contributed by atoms with Crippen LogP contribution in [-0.4, -0.2) is 29.1 Å². The number of unbranched alkanes of at least 4 members (excludes halogenated alkanes) is 4. The lowest BCUT2D eigenvalue weighted by Gasteiger charge is -1.98. The molecule has 0 radical (unpaired) electrons. The van der Waals surface area contributed by atoms with Crippen molar-refractivity contribution < 1.29 is 13.2 Å². The molecule has 0 heterocycles. The van der Waals surface area contributed by atoms with Gasteiger partial charge in [-0.1, -0.05) is 39.5 Å². The third kappa shape index (κ3) is 7.58. The Morgan fingerprint density at radius 2 is 1.35 bits per heavy atom. The first-order valence-corrected chi connectivity index (χ1v) is 8.79. The van der Waals surface area contributed by atoms with Gasteiger partial charge in [0.2, 0.25) is 0 Å². The molecule has 0 aliphatic heterocycles. The third-order valence-corrected chi connectivity index (χ3v) is 5.71. The summed E-state index contributed by atoms with van der Waals surface area (Å²) in [6.07, 6.45) is 5.70. The molecule has 2 unspecified atom stereocenters. The molecule has 100 valence electrons. The summed E-state index contributed by atoms with van der Waals surface area (Å²) in [5.74, 6) is 0.875. The van der Waals surface area contributed by atoms with Crippen LogP contribution in [0.4, 0.5) is 0 Å². The minimum Gasteiger partial charge on any atom is -0.359 e. The van der Waals surface area contributed by atoms with E-state index in [0.29, 0.717) is 11.5 Å². The van der Waals surface area contributed by atoms with Crippen LogP contribution in [0.25, 0.3) is 5.53 Å². The van der Waals surface area contributed by atoms with E-state index in [0.717, 1.165) is 38.5 Å². The molecule has 0 bridgehead atoms. The highest BCUT2D eigenvalue weighted by atomic mass is 32.2. The Hall–Kier alpha value is -0.320.